The lowest BCUT2D eigenvalue weighted by Crippen LogP contribution is -2.47. The second-order valence-corrected chi connectivity index (χ2v) is 8.93. The van der Waals surface area contributed by atoms with Gasteiger partial charge >= 0.3 is 5.97 Å². The molecule has 0 aliphatic carbocycles. The summed E-state index contributed by atoms with van der Waals surface area (Å²) in [5, 5.41) is 8.82. The molecule has 0 amide bonds. The number of furan rings is 1. The normalized spacial score (nSPS) is 20.5. The molecule has 3 aromatic rings. The number of carbonyl (C=O) groups is 3. The molecule has 2 aromatic carbocycles. The quantitative estimate of drug-likeness (QED) is 0.208. The highest BCUT2D eigenvalue weighted by Gasteiger charge is 2.35. The summed E-state index contributed by atoms with van der Waals surface area (Å²) in [6.07, 6.45) is 4.56. The third-order valence-electron chi connectivity index (χ3n) is 6.80. The highest BCUT2D eigenvalue weighted by Crippen LogP contribution is 2.38. The van der Waals surface area contributed by atoms with Gasteiger partial charge in [0.2, 0.25) is 0 Å². The minimum Gasteiger partial charge on any atom is -0.496 e. The summed E-state index contributed by atoms with van der Waals surface area (Å²) in [6, 6.07) is 15.8. The molecule has 6 rings (SSSR count). The number of hydrogen-bond acceptors (Lipinski definition) is 7. The SMILES string of the molecule is COc1ccccc1-c1cccc2cc(C(=O)C[C@H]3CN4CCC3CC4)oc12.O=CO/C=C/C(=O)O. The first-order valence-electron chi connectivity index (χ1n) is 11.9. The second-order valence-electron chi connectivity index (χ2n) is 8.93. The van der Waals surface area contributed by atoms with E-state index in [2.05, 4.69) is 9.64 Å². The van der Waals surface area contributed by atoms with Gasteiger partial charge in [0.05, 0.1) is 13.2 Å². The largest absolute Gasteiger partial charge is 0.496 e. The monoisotopic (exact) mass is 491 g/mol. The molecule has 1 aromatic heterocycles. The van der Waals surface area contributed by atoms with Gasteiger partial charge in [-0.25, -0.2) is 4.79 Å². The molecule has 36 heavy (non-hydrogen) atoms. The molecule has 0 spiro atoms. The fourth-order valence-corrected chi connectivity index (χ4v) is 5.07. The summed E-state index contributed by atoms with van der Waals surface area (Å²) in [5.74, 6) is 1.42. The van der Waals surface area contributed by atoms with Crippen LogP contribution in [0.3, 0.4) is 0 Å². The van der Waals surface area contributed by atoms with Gasteiger partial charge in [0, 0.05) is 29.5 Å². The number of carboxylic acid groups (broad SMARTS) is 1. The Balaban J connectivity index is 0.000000331. The Kier molecular flexibility index (Phi) is 8.17. The van der Waals surface area contributed by atoms with Crippen molar-refractivity contribution in [2.24, 2.45) is 11.8 Å². The fourth-order valence-electron chi connectivity index (χ4n) is 5.07. The lowest BCUT2D eigenvalue weighted by molar-refractivity contribution is -0.131. The highest BCUT2D eigenvalue weighted by molar-refractivity contribution is 6.01. The minimum absolute atomic E-state index is 0.126. The highest BCUT2D eigenvalue weighted by atomic mass is 16.5. The van der Waals surface area contributed by atoms with Crippen molar-refractivity contribution < 1.29 is 33.4 Å². The number of carboxylic acids is 1. The maximum Gasteiger partial charge on any atom is 0.331 e. The summed E-state index contributed by atoms with van der Waals surface area (Å²) in [6.45, 7) is 3.59. The zero-order valence-electron chi connectivity index (χ0n) is 20.1. The van der Waals surface area contributed by atoms with Crippen molar-refractivity contribution in [3.8, 4) is 16.9 Å². The number of piperidine rings is 3. The van der Waals surface area contributed by atoms with E-state index in [-0.39, 0.29) is 12.3 Å². The van der Waals surface area contributed by atoms with Crippen molar-refractivity contribution in [2.75, 3.05) is 26.7 Å². The Labute approximate surface area is 209 Å². The fraction of sp³-hybridized carbons (Fsp3) is 0.321. The summed E-state index contributed by atoms with van der Waals surface area (Å²) in [4.78, 5) is 34.4. The van der Waals surface area contributed by atoms with Crippen LogP contribution in [0.2, 0.25) is 0 Å². The first-order valence-corrected chi connectivity index (χ1v) is 11.9. The van der Waals surface area contributed by atoms with Gasteiger partial charge in [-0.3, -0.25) is 9.59 Å². The zero-order valence-corrected chi connectivity index (χ0v) is 20.1. The van der Waals surface area contributed by atoms with Crippen LogP contribution in [-0.4, -0.2) is 55.0 Å². The maximum atomic E-state index is 13.0. The summed E-state index contributed by atoms with van der Waals surface area (Å²) in [7, 11) is 1.67. The van der Waals surface area contributed by atoms with E-state index in [1.165, 1.54) is 25.9 Å². The van der Waals surface area contributed by atoms with Gasteiger partial charge in [0.1, 0.15) is 17.6 Å². The third-order valence-corrected chi connectivity index (χ3v) is 6.80. The van der Waals surface area contributed by atoms with Crippen molar-refractivity contribution in [1.82, 2.24) is 4.90 Å². The van der Waals surface area contributed by atoms with Gasteiger partial charge in [-0.05, 0) is 49.9 Å². The van der Waals surface area contributed by atoms with Crippen LogP contribution in [-0.2, 0) is 14.3 Å². The number of aliphatic carboxylic acids is 1. The standard InChI is InChI=1S/C24H25NO3.C4H4O4/c1-27-22-8-3-2-6-19(22)20-7-4-5-17-14-23(28-24(17)20)21(26)13-18-15-25-11-9-16(18)10-12-25;5-3-8-2-1-4(6)7/h2-8,14,16,18H,9-13,15H2,1H3;1-3H,(H,6,7)/b;2-1+/t18-;/m0./s1. The molecule has 3 aliphatic rings. The molecule has 8 nitrogen and oxygen atoms in total. The number of nitrogens with zero attached hydrogens (tertiary/aromatic N) is 1. The minimum atomic E-state index is -1.15. The van der Waals surface area contributed by atoms with Gasteiger partial charge in [0.15, 0.2) is 11.5 Å². The van der Waals surface area contributed by atoms with E-state index in [0.717, 1.165) is 40.7 Å². The van der Waals surface area contributed by atoms with Crippen molar-refractivity contribution in [3.63, 3.8) is 0 Å². The number of hydrogen-bond donors (Lipinski definition) is 1. The van der Waals surface area contributed by atoms with E-state index in [1.54, 1.807) is 7.11 Å². The van der Waals surface area contributed by atoms with Crippen molar-refractivity contribution in [3.05, 3.63) is 66.6 Å². The second kappa shape index (κ2) is 11.7. The van der Waals surface area contributed by atoms with E-state index in [0.29, 0.717) is 30.1 Å². The van der Waals surface area contributed by atoms with E-state index in [1.807, 2.05) is 48.5 Å². The average Bonchev–Trinajstić information content (AvgIpc) is 3.35. The molecular formula is C28H29NO7. The zero-order chi connectivity index (χ0) is 25.5. The Hall–Kier alpha value is -3.91. The van der Waals surface area contributed by atoms with Crippen LogP contribution < -0.4 is 4.74 Å². The van der Waals surface area contributed by atoms with Gasteiger partial charge in [0.25, 0.3) is 6.47 Å². The molecule has 2 bridgehead atoms. The Morgan fingerprint density at radius 3 is 2.53 bits per heavy atom. The van der Waals surface area contributed by atoms with Crippen LogP contribution in [0.25, 0.3) is 22.1 Å². The summed E-state index contributed by atoms with van der Waals surface area (Å²) >= 11 is 0. The lowest BCUT2D eigenvalue weighted by atomic mass is 9.76. The van der Waals surface area contributed by atoms with E-state index in [9.17, 15) is 14.4 Å². The first kappa shape index (κ1) is 25.2. The molecule has 3 fully saturated rings. The smallest absolute Gasteiger partial charge is 0.331 e. The molecule has 0 saturated carbocycles. The number of carbonyl (C=O) groups excluding carboxylic acids is 2. The summed E-state index contributed by atoms with van der Waals surface area (Å²) in [5.41, 5.74) is 2.68. The number of para-hydroxylation sites is 2. The van der Waals surface area contributed by atoms with Gasteiger partial charge < -0.3 is 23.9 Å². The molecule has 3 aliphatic heterocycles. The molecule has 8 heteroatoms. The number of benzene rings is 2. The Bertz CT molecular complexity index is 1250. The summed E-state index contributed by atoms with van der Waals surface area (Å²) < 4.78 is 15.5. The molecule has 188 valence electrons. The van der Waals surface area contributed by atoms with Crippen LogP contribution in [0, 0.1) is 11.8 Å². The lowest BCUT2D eigenvalue weighted by Gasteiger charge is -2.44. The Morgan fingerprint density at radius 1 is 1.11 bits per heavy atom. The molecular weight excluding hydrogens is 462 g/mol. The molecule has 4 heterocycles. The van der Waals surface area contributed by atoms with Crippen LogP contribution >= 0.6 is 0 Å². The number of methoxy groups -OCH3 is 1. The molecule has 0 unspecified atom stereocenters. The van der Waals surface area contributed by atoms with Crippen molar-refractivity contribution in [2.45, 2.75) is 19.3 Å². The van der Waals surface area contributed by atoms with Crippen LogP contribution in [0.4, 0.5) is 0 Å². The van der Waals surface area contributed by atoms with Crippen molar-refractivity contribution >= 4 is 29.2 Å². The predicted octanol–water partition coefficient (Wildman–Crippen LogP) is 4.78. The first-order chi connectivity index (χ1) is 17.5. The average molecular weight is 492 g/mol. The maximum absolute atomic E-state index is 13.0. The molecule has 3 saturated heterocycles. The number of ether oxygens (including phenoxy) is 2. The predicted molar refractivity (Wildman–Crippen MR) is 134 cm³/mol. The van der Waals surface area contributed by atoms with Crippen molar-refractivity contribution in [1.29, 1.82) is 0 Å². The van der Waals surface area contributed by atoms with Gasteiger partial charge in [-0.2, -0.15) is 0 Å². The van der Waals surface area contributed by atoms with Crippen LogP contribution in [0.1, 0.15) is 29.8 Å². The van der Waals surface area contributed by atoms with Crippen LogP contribution in [0.5, 0.6) is 5.75 Å². The van der Waals surface area contributed by atoms with Crippen LogP contribution in [0.15, 0.2) is 65.3 Å². The van der Waals surface area contributed by atoms with E-state index in [4.69, 9.17) is 14.3 Å². The number of rotatable bonds is 8. The number of ketones is 1. The van der Waals surface area contributed by atoms with E-state index < -0.39 is 5.97 Å². The van der Waals surface area contributed by atoms with Gasteiger partial charge in [-0.1, -0.05) is 36.4 Å². The number of fused-ring (bicyclic) bond motifs is 4. The molecule has 1 atom stereocenters. The third kappa shape index (κ3) is 5.83. The topological polar surface area (TPSA) is 106 Å². The van der Waals surface area contributed by atoms with E-state index >= 15 is 0 Å². The molecule has 0 radical (unpaired) electrons. The van der Waals surface area contributed by atoms with Gasteiger partial charge in [-0.15, -0.1) is 0 Å². The molecule has 1 N–H and O–H groups in total. The number of Topliss-reactive ketones (excluding diaryl/α,β-unsaturated/α-hetero) is 1. The Morgan fingerprint density at radius 2 is 1.86 bits per heavy atom.